The number of benzene rings is 1. The molecule has 1 aliphatic heterocycles. The van der Waals surface area contributed by atoms with Crippen LogP contribution in [-0.4, -0.2) is 38.8 Å². The lowest BCUT2D eigenvalue weighted by molar-refractivity contribution is 0.0222. The number of carbonyl (C=O) groups excluding carboxylic acids is 2. The summed E-state index contributed by atoms with van der Waals surface area (Å²) in [4.78, 5) is 26.8. The summed E-state index contributed by atoms with van der Waals surface area (Å²) in [5.74, 6) is -0.278. The van der Waals surface area contributed by atoms with Gasteiger partial charge in [0.1, 0.15) is 11.3 Å². The monoisotopic (exact) mass is 390 g/mol. The molecule has 2 aromatic rings. The van der Waals surface area contributed by atoms with Gasteiger partial charge in [-0.05, 0) is 45.0 Å². The van der Waals surface area contributed by atoms with Gasteiger partial charge in [-0.15, -0.1) is 0 Å². The van der Waals surface area contributed by atoms with Gasteiger partial charge in [-0.25, -0.2) is 4.79 Å². The fourth-order valence-corrected chi connectivity index (χ4v) is 3.12. The third-order valence-corrected chi connectivity index (χ3v) is 4.42. The Balaban J connectivity index is 1.81. The van der Waals surface area contributed by atoms with Gasteiger partial charge in [0.05, 0.1) is 12.2 Å². The number of hydrogen-bond donors (Lipinski definition) is 1. The molecule has 1 aromatic carbocycles. The van der Waals surface area contributed by atoms with Crippen molar-refractivity contribution < 1.29 is 14.3 Å². The second kappa shape index (κ2) is 7.23. The molecule has 0 radical (unpaired) electrons. The molecular formula is C19H23ClN4O3. The molecule has 7 nitrogen and oxygen atoms in total. The lowest BCUT2D eigenvalue weighted by atomic mass is 10.1. The van der Waals surface area contributed by atoms with Crippen LogP contribution in [0.5, 0.6) is 0 Å². The second-order valence-corrected chi connectivity index (χ2v) is 7.95. The molecule has 0 saturated heterocycles. The van der Waals surface area contributed by atoms with Crippen LogP contribution in [0.3, 0.4) is 0 Å². The molecule has 1 aliphatic rings. The van der Waals surface area contributed by atoms with Crippen molar-refractivity contribution in [2.75, 3.05) is 11.9 Å². The van der Waals surface area contributed by atoms with Gasteiger partial charge in [-0.1, -0.05) is 11.6 Å². The van der Waals surface area contributed by atoms with Crippen molar-refractivity contribution in [1.29, 1.82) is 0 Å². The van der Waals surface area contributed by atoms with Gasteiger partial charge in [0.25, 0.3) is 5.91 Å². The van der Waals surface area contributed by atoms with Crippen molar-refractivity contribution in [3.8, 4) is 0 Å². The zero-order valence-corrected chi connectivity index (χ0v) is 16.6. The molecule has 2 heterocycles. The molecule has 1 N–H and O–H groups in total. The van der Waals surface area contributed by atoms with Crippen LogP contribution < -0.4 is 5.32 Å². The van der Waals surface area contributed by atoms with E-state index in [1.54, 1.807) is 40.9 Å². The SMILES string of the molecule is Cn1nc2c(c1C(=O)Nc1ccc(Cl)cc1)CN(C(=O)OC(C)(C)C)CC2. The van der Waals surface area contributed by atoms with Crippen LogP contribution in [0.1, 0.15) is 42.5 Å². The molecule has 0 spiro atoms. The maximum Gasteiger partial charge on any atom is 0.410 e. The van der Waals surface area contributed by atoms with Gasteiger partial charge in [0.15, 0.2) is 0 Å². The van der Waals surface area contributed by atoms with Gasteiger partial charge in [0.2, 0.25) is 0 Å². The molecule has 0 fully saturated rings. The van der Waals surface area contributed by atoms with E-state index in [0.717, 1.165) is 11.3 Å². The highest BCUT2D eigenvalue weighted by molar-refractivity contribution is 6.30. The van der Waals surface area contributed by atoms with Crippen LogP contribution in [0, 0.1) is 0 Å². The van der Waals surface area contributed by atoms with E-state index in [1.165, 1.54) is 0 Å². The van der Waals surface area contributed by atoms with E-state index in [9.17, 15) is 9.59 Å². The van der Waals surface area contributed by atoms with E-state index in [2.05, 4.69) is 10.4 Å². The standard InChI is InChI=1S/C19H23ClN4O3/c1-19(2,3)27-18(26)24-10-9-15-14(11-24)16(23(4)22-15)17(25)21-13-7-5-12(20)6-8-13/h5-8H,9-11H2,1-4H3,(H,21,25). The number of hydrogen-bond acceptors (Lipinski definition) is 4. The number of amides is 2. The van der Waals surface area contributed by atoms with Crippen LogP contribution in [0.15, 0.2) is 24.3 Å². The smallest absolute Gasteiger partial charge is 0.410 e. The van der Waals surface area contributed by atoms with Crippen LogP contribution in [0.25, 0.3) is 0 Å². The minimum Gasteiger partial charge on any atom is -0.444 e. The topological polar surface area (TPSA) is 76.5 Å². The van der Waals surface area contributed by atoms with Crippen LogP contribution in [0.2, 0.25) is 5.02 Å². The number of carbonyl (C=O) groups is 2. The van der Waals surface area contributed by atoms with E-state index in [4.69, 9.17) is 16.3 Å². The number of aromatic nitrogens is 2. The molecular weight excluding hydrogens is 368 g/mol. The average Bonchev–Trinajstić information content (AvgIpc) is 2.90. The quantitative estimate of drug-likeness (QED) is 0.849. The molecule has 0 bridgehead atoms. The lowest BCUT2D eigenvalue weighted by Gasteiger charge is -2.29. The molecule has 2 amide bonds. The number of fused-ring (bicyclic) bond motifs is 1. The highest BCUT2D eigenvalue weighted by Crippen LogP contribution is 2.24. The van der Waals surface area contributed by atoms with Crippen molar-refractivity contribution >= 4 is 29.3 Å². The molecule has 27 heavy (non-hydrogen) atoms. The highest BCUT2D eigenvalue weighted by Gasteiger charge is 2.31. The third kappa shape index (κ3) is 4.42. The normalized spacial score (nSPS) is 13.9. The molecule has 8 heteroatoms. The molecule has 144 valence electrons. The number of ether oxygens (including phenoxy) is 1. The average molecular weight is 391 g/mol. The number of rotatable bonds is 2. The predicted molar refractivity (Wildman–Crippen MR) is 103 cm³/mol. The van der Waals surface area contributed by atoms with E-state index in [-0.39, 0.29) is 12.0 Å². The fraction of sp³-hybridized carbons (Fsp3) is 0.421. The predicted octanol–water partition coefficient (Wildman–Crippen LogP) is 3.62. The Hall–Kier alpha value is -2.54. The number of aryl methyl sites for hydroxylation is 1. The van der Waals surface area contributed by atoms with E-state index in [0.29, 0.717) is 35.9 Å². The van der Waals surface area contributed by atoms with Crippen molar-refractivity contribution in [2.45, 2.75) is 39.3 Å². The first-order chi connectivity index (χ1) is 12.6. The molecule has 0 atom stereocenters. The molecule has 0 unspecified atom stereocenters. The first-order valence-electron chi connectivity index (χ1n) is 8.73. The van der Waals surface area contributed by atoms with Crippen molar-refractivity contribution in [1.82, 2.24) is 14.7 Å². The number of nitrogens with one attached hydrogen (secondary N) is 1. The van der Waals surface area contributed by atoms with E-state index in [1.807, 2.05) is 20.8 Å². The Bertz CT molecular complexity index is 868. The third-order valence-electron chi connectivity index (χ3n) is 4.16. The van der Waals surface area contributed by atoms with Gasteiger partial charge in [-0.3, -0.25) is 9.48 Å². The maximum atomic E-state index is 12.8. The van der Waals surface area contributed by atoms with Gasteiger partial charge in [-0.2, -0.15) is 5.10 Å². The van der Waals surface area contributed by atoms with Crippen molar-refractivity contribution in [3.63, 3.8) is 0 Å². The molecule has 0 aliphatic carbocycles. The summed E-state index contributed by atoms with van der Waals surface area (Å²) in [6.45, 7) is 6.29. The van der Waals surface area contributed by atoms with E-state index < -0.39 is 5.60 Å². The van der Waals surface area contributed by atoms with Gasteiger partial charge >= 0.3 is 6.09 Å². The van der Waals surface area contributed by atoms with Gasteiger partial charge < -0.3 is 15.0 Å². The van der Waals surface area contributed by atoms with Gasteiger partial charge in [0, 0.05) is 36.3 Å². The first kappa shape index (κ1) is 19.2. The fourth-order valence-electron chi connectivity index (χ4n) is 2.99. The number of halogens is 1. The summed E-state index contributed by atoms with van der Waals surface area (Å²) in [7, 11) is 1.73. The van der Waals surface area contributed by atoms with Crippen molar-refractivity contribution in [3.05, 3.63) is 46.2 Å². The zero-order chi connectivity index (χ0) is 19.8. The lowest BCUT2D eigenvalue weighted by Crippen LogP contribution is -2.40. The molecule has 3 rings (SSSR count). The van der Waals surface area contributed by atoms with Crippen LogP contribution in [-0.2, 0) is 24.8 Å². The molecule has 0 saturated carbocycles. The number of anilines is 1. The van der Waals surface area contributed by atoms with E-state index >= 15 is 0 Å². The Morgan fingerprint density at radius 3 is 2.52 bits per heavy atom. The zero-order valence-electron chi connectivity index (χ0n) is 15.9. The largest absolute Gasteiger partial charge is 0.444 e. The van der Waals surface area contributed by atoms with Crippen molar-refractivity contribution in [2.24, 2.45) is 7.05 Å². The summed E-state index contributed by atoms with van der Waals surface area (Å²) in [5.41, 5.74) is 2.09. The first-order valence-corrected chi connectivity index (χ1v) is 9.11. The summed E-state index contributed by atoms with van der Waals surface area (Å²) in [5, 5.41) is 7.90. The summed E-state index contributed by atoms with van der Waals surface area (Å²) in [6, 6.07) is 6.88. The highest BCUT2D eigenvalue weighted by atomic mass is 35.5. The minimum absolute atomic E-state index is 0.278. The Morgan fingerprint density at radius 1 is 1.22 bits per heavy atom. The second-order valence-electron chi connectivity index (χ2n) is 7.51. The summed E-state index contributed by atoms with van der Waals surface area (Å²) in [6.07, 6.45) is 0.192. The summed E-state index contributed by atoms with van der Waals surface area (Å²) >= 11 is 5.88. The van der Waals surface area contributed by atoms with Crippen LogP contribution in [0.4, 0.5) is 10.5 Å². The molecule has 1 aromatic heterocycles. The minimum atomic E-state index is -0.568. The maximum absolute atomic E-state index is 12.8. The summed E-state index contributed by atoms with van der Waals surface area (Å²) < 4.78 is 7.02. The number of nitrogens with zero attached hydrogens (tertiary/aromatic N) is 3. The Morgan fingerprint density at radius 2 is 1.89 bits per heavy atom. The Labute approximate surface area is 163 Å². The Kier molecular flexibility index (Phi) is 5.15. The van der Waals surface area contributed by atoms with Crippen LogP contribution >= 0.6 is 11.6 Å².